The highest BCUT2D eigenvalue weighted by molar-refractivity contribution is 6.35. The molecule has 0 aliphatic heterocycles. The number of para-hydroxylation sites is 1. The molecule has 0 fully saturated rings. The van der Waals surface area contributed by atoms with Crippen LogP contribution in [0.5, 0.6) is 11.5 Å². The van der Waals surface area contributed by atoms with E-state index in [-0.39, 0.29) is 11.7 Å². The Hall–Kier alpha value is -4.27. The molecule has 3 aromatic carbocycles. The van der Waals surface area contributed by atoms with Gasteiger partial charge >= 0.3 is 0 Å². The second-order valence-corrected chi connectivity index (χ2v) is 8.62. The van der Waals surface area contributed by atoms with Crippen LogP contribution in [0.15, 0.2) is 81.7 Å². The Morgan fingerprint density at radius 2 is 1.70 bits per heavy atom. The van der Waals surface area contributed by atoms with Crippen molar-refractivity contribution in [1.29, 1.82) is 0 Å². The number of nitrogens with one attached hydrogen (secondary N) is 1. The number of ether oxygens (including phenoxy) is 2. The Labute approximate surface area is 221 Å². The average molecular weight is 536 g/mol. The molecule has 0 unspecified atom stereocenters. The first-order valence-electron chi connectivity index (χ1n) is 11.0. The summed E-state index contributed by atoms with van der Waals surface area (Å²) in [5.74, 6) is 1.76. The highest BCUT2D eigenvalue weighted by atomic mass is 35.5. The van der Waals surface area contributed by atoms with Crippen molar-refractivity contribution < 1.29 is 23.2 Å². The van der Waals surface area contributed by atoms with Crippen LogP contribution in [0, 0.1) is 0 Å². The van der Waals surface area contributed by atoms with E-state index in [0.717, 1.165) is 0 Å². The van der Waals surface area contributed by atoms with Crippen molar-refractivity contribution in [3.8, 4) is 45.7 Å². The molecule has 0 radical (unpaired) electrons. The molecule has 0 aliphatic carbocycles. The fourth-order valence-corrected chi connectivity index (χ4v) is 4.06. The van der Waals surface area contributed by atoms with Crippen LogP contribution in [0.2, 0.25) is 10.0 Å². The van der Waals surface area contributed by atoms with E-state index in [0.29, 0.717) is 55.5 Å². The highest BCUT2D eigenvalue weighted by Gasteiger charge is 2.19. The van der Waals surface area contributed by atoms with E-state index in [4.69, 9.17) is 41.6 Å². The SMILES string of the molecule is COc1ccc(-c2noc(-c3ccccc3NC(=O)c3ccc(-c4cc(Cl)ccc4Cl)o3)n2)cc1OC. The van der Waals surface area contributed by atoms with Gasteiger partial charge in [0, 0.05) is 16.1 Å². The van der Waals surface area contributed by atoms with Crippen molar-refractivity contribution >= 4 is 34.8 Å². The van der Waals surface area contributed by atoms with Crippen LogP contribution in [0.25, 0.3) is 34.2 Å². The molecule has 0 saturated heterocycles. The topological polar surface area (TPSA) is 99.6 Å². The number of methoxy groups -OCH3 is 2. The van der Waals surface area contributed by atoms with Crippen LogP contribution >= 0.6 is 23.2 Å². The monoisotopic (exact) mass is 535 g/mol. The van der Waals surface area contributed by atoms with Gasteiger partial charge in [-0.1, -0.05) is 40.5 Å². The zero-order valence-corrected chi connectivity index (χ0v) is 21.1. The summed E-state index contributed by atoms with van der Waals surface area (Å²) in [7, 11) is 3.11. The Morgan fingerprint density at radius 3 is 2.51 bits per heavy atom. The smallest absolute Gasteiger partial charge is 0.291 e. The normalized spacial score (nSPS) is 10.8. The van der Waals surface area contributed by atoms with Gasteiger partial charge in [0.2, 0.25) is 5.82 Å². The van der Waals surface area contributed by atoms with Crippen LogP contribution in [0.3, 0.4) is 0 Å². The summed E-state index contributed by atoms with van der Waals surface area (Å²) < 4.78 is 21.9. The maximum absolute atomic E-state index is 13.0. The van der Waals surface area contributed by atoms with Crippen molar-refractivity contribution in [2.24, 2.45) is 0 Å². The molecule has 0 bridgehead atoms. The minimum absolute atomic E-state index is 0.0948. The van der Waals surface area contributed by atoms with Crippen molar-refractivity contribution in [2.75, 3.05) is 19.5 Å². The summed E-state index contributed by atoms with van der Waals surface area (Å²) in [5.41, 5.74) is 2.27. The van der Waals surface area contributed by atoms with E-state index in [9.17, 15) is 4.79 Å². The number of halogens is 2. The number of hydrogen-bond donors (Lipinski definition) is 1. The second-order valence-electron chi connectivity index (χ2n) is 7.78. The third-order valence-electron chi connectivity index (χ3n) is 5.50. The van der Waals surface area contributed by atoms with Crippen molar-refractivity contribution in [3.63, 3.8) is 0 Å². The van der Waals surface area contributed by atoms with E-state index in [1.165, 1.54) is 0 Å². The molecule has 5 rings (SSSR count). The number of hydrogen-bond acceptors (Lipinski definition) is 7. The summed E-state index contributed by atoms with van der Waals surface area (Å²) in [4.78, 5) is 17.5. The highest BCUT2D eigenvalue weighted by Crippen LogP contribution is 2.34. The minimum atomic E-state index is -0.462. The molecule has 10 heteroatoms. The molecule has 5 aromatic rings. The van der Waals surface area contributed by atoms with Gasteiger partial charge in [-0.15, -0.1) is 0 Å². The Balaban J connectivity index is 1.40. The maximum atomic E-state index is 13.0. The standard InChI is InChI=1S/C27H19Cl2N3O5/c1-34-22-10-7-15(13-24(22)35-2)25-31-27(37-32-25)17-5-3-4-6-20(17)30-26(33)23-12-11-21(36-23)18-14-16(28)8-9-19(18)29/h3-14H,1-2H3,(H,30,33). The third kappa shape index (κ3) is 5.02. The Kier molecular flexibility index (Phi) is 6.85. The summed E-state index contributed by atoms with van der Waals surface area (Å²) in [5, 5.41) is 7.89. The Bertz CT molecular complexity index is 1590. The summed E-state index contributed by atoms with van der Waals surface area (Å²) in [6.07, 6.45) is 0. The molecule has 2 heterocycles. The van der Waals surface area contributed by atoms with E-state index < -0.39 is 5.91 Å². The molecule has 0 saturated carbocycles. The lowest BCUT2D eigenvalue weighted by Gasteiger charge is -2.08. The number of furan rings is 1. The number of nitrogens with zero attached hydrogens (tertiary/aromatic N) is 2. The van der Waals surface area contributed by atoms with Gasteiger partial charge in [-0.2, -0.15) is 4.98 Å². The number of rotatable bonds is 7. The number of benzene rings is 3. The predicted octanol–water partition coefficient (Wildman–Crippen LogP) is 7.24. The molecule has 0 atom stereocenters. The second kappa shape index (κ2) is 10.4. The van der Waals surface area contributed by atoms with Gasteiger partial charge in [0.15, 0.2) is 17.3 Å². The lowest BCUT2D eigenvalue weighted by Crippen LogP contribution is -2.11. The molecular weight excluding hydrogens is 517 g/mol. The van der Waals surface area contributed by atoms with Gasteiger partial charge < -0.3 is 23.7 Å². The van der Waals surface area contributed by atoms with Crippen LogP contribution in [-0.4, -0.2) is 30.3 Å². The van der Waals surface area contributed by atoms with Gasteiger partial charge in [-0.25, -0.2) is 0 Å². The zero-order valence-electron chi connectivity index (χ0n) is 19.6. The number of carbonyl (C=O) groups excluding carboxylic acids is 1. The largest absolute Gasteiger partial charge is 0.493 e. The Morgan fingerprint density at radius 1 is 0.892 bits per heavy atom. The molecule has 1 amide bonds. The lowest BCUT2D eigenvalue weighted by molar-refractivity contribution is 0.0997. The number of carbonyl (C=O) groups is 1. The molecule has 186 valence electrons. The van der Waals surface area contributed by atoms with E-state index in [1.54, 1.807) is 87.0 Å². The number of amides is 1. The fraction of sp³-hybridized carbons (Fsp3) is 0.0741. The molecular formula is C27H19Cl2N3O5. The quantitative estimate of drug-likeness (QED) is 0.234. The number of anilines is 1. The molecule has 1 N–H and O–H groups in total. The van der Waals surface area contributed by atoms with Gasteiger partial charge in [0.1, 0.15) is 5.76 Å². The predicted molar refractivity (Wildman–Crippen MR) is 140 cm³/mol. The average Bonchev–Trinajstić information content (AvgIpc) is 3.61. The fourth-order valence-electron chi connectivity index (χ4n) is 3.68. The van der Waals surface area contributed by atoms with Crippen LogP contribution in [0.4, 0.5) is 5.69 Å². The van der Waals surface area contributed by atoms with E-state index in [2.05, 4.69) is 15.5 Å². The summed E-state index contributed by atoms with van der Waals surface area (Å²) in [6.45, 7) is 0. The van der Waals surface area contributed by atoms with Crippen LogP contribution in [-0.2, 0) is 0 Å². The molecule has 0 spiro atoms. The summed E-state index contributed by atoms with van der Waals surface area (Å²) >= 11 is 12.3. The molecule has 8 nitrogen and oxygen atoms in total. The van der Waals surface area contributed by atoms with Gasteiger partial charge in [-0.3, -0.25) is 4.79 Å². The van der Waals surface area contributed by atoms with Gasteiger partial charge in [-0.05, 0) is 60.7 Å². The van der Waals surface area contributed by atoms with Crippen molar-refractivity contribution in [2.45, 2.75) is 0 Å². The van der Waals surface area contributed by atoms with E-state index >= 15 is 0 Å². The molecule has 37 heavy (non-hydrogen) atoms. The molecule has 2 aromatic heterocycles. The van der Waals surface area contributed by atoms with Crippen molar-refractivity contribution in [3.05, 3.63) is 88.6 Å². The first-order chi connectivity index (χ1) is 18.0. The third-order valence-corrected chi connectivity index (χ3v) is 6.06. The van der Waals surface area contributed by atoms with Gasteiger partial charge in [0.05, 0.1) is 30.5 Å². The van der Waals surface area contributed by atoms with E-state index in [1.807, 2.05) is 0 Å². The minimum Gasteiger partial charge on any atom is -0.493 e. The maximum Gasteiger partial charge on any atom is 0.291 e. The van der Waals surface area contributed by atoms with Gasteiger partial charge in [0.25, 0.3) is 11.8 Å². The first-order valence-corrected chi connectivity index (χ1v) is 11.7. The molecule has 0 aliphatic rings. The zero-order chi connectivity index (χ0) is 25.9. The van der Waals surface area contributed by atoms with Crippen LogP contribution in [0.1, 0.15) is 10.6 Å². The number of aromatic nitrogens is 2. The van der Waals surface area contributed by atoms with Crippen molar-refractivity contribution in [1.82, 2.24) is 10.1 Å². The van der Waals surface area contributed by atoms with Crippen LogP contribution < -0.4 is 14.8 Å². The first kappa shape index (κ1) is 24.4. The summed E-state index contributed by atoms with van der Waals surface area (Å²) in [6, 6.07) is 20.6. The lowest BCUT2D eigenvalue weighted by atomic mass is 10.1.